The Kier molecular flexibility index (Phi) is 5.80. The van der Waals surface area contributed by atoms with Gasteiger partial charge in [-0.15, -0.1) is 10.2 Å². The molecule has 152 valence electrons. The molecule has 1 aliphatic heterocycles. The predicted octanol–water partition coefficient (Wildman–Crippen LogP) is 2.46. The van der Waals surface area contributed by atoms with Crippen molar-refractivity contribution in [2.24, 2.45) is 0 Å². The van der Waals surface area contributed by atoms with E-state index in [0.717, 1.165) is 37.4 Å². The topological polar surface area (TPSA) is 75.9 Å². The lowest BCUT2D eigenvalue weighted by Crippen LogP contribution is -2.50. The molecule has 0 bridgehead atoms. The number of piperazine rings is 1. The lowest BCUT2D eigenvalue weighted by molar-refractivity contribution is -0.133. The number of ether oxygens (including phenoxy) is 1. The standard InChI is InChI=1S/C20H23ClN6O2/c1-2-3-16-12-18(23-20-24-22-14-27(16)20)25-8-10-26(11-9-25)19(28)13-29-17-6-4-15(21)5-7-17/h4-7,12,14H,2-3,8-11,13H2,1H3. The maximum Gasteiger partial charge on any atom is 0.260 e. The number of benzene rings is 1. The molecular formula is C20H23ClN6O2. The molecule has 0 N–H and O–H groups in total. The summed E-state index contributed by atoms with van der Waals surface area (Å²) in [6.45, 7) is 4.86. The first-order valence-electron chi connectivity index (χ1n) is 9.75. The van der Waals surface area contributed by atoms with Crippen LogP contribution in [0.5, 0.6) is 5.75 Å². The molecule has 1 fully saturated rings. The zero-order valence-corrected chi connectivity index (χ0v) is 17.0. The van der Waals surface area contributed by atoms with E-state index in [2.05, 4.69) is 33.1 Å². The number of aromatic nitrogens is 4. The Balaban J connectivity index is 1.36. The molecule has 1 amide bonds. The van der Waals surface area contributed by atoms with Crippen molar-refractivity contribution in [1.29, 1.82) is 0 Å². The second-order valence-corrected chi connectivity index (χ2v) is 7.40. The van der Waals surface area contributed by atoms with Gasteiger partial charge in [0, 0.05) is 43.0 Å². The van der Waals surface area contributed by atoms with Crippen molar-refractivity contribution in [3.63, 3.8) is 0 Å². The molecule has 8 nitrogen and oxygen atoms in total. The predicted molar refractivity (Wildman–Crippen MR) is 111 cm³/mol. The monoisotopic (exact) mass is 414 g/mol. The Labute approximate surface area is 174 Å². The average molecular weight is 415 g/mol. The van der Waals surface area contributed by atoms with E-state index in [9.17, 15) is 4.79 Å². The summed E-state index contributed by atoms with van der Waals surface area (Å²) in [7, 11) is 0. The fraction of sp³-hybridized carbons (Fsp3) is 0.400. The van der Waals surface area contributed by atoms with E-state index in [4.69, 9.17) is 16.3 Å². The number of fused-ring (bicyclic) bond motifs is 1. The van der Waals surface area contributed by atoms with E-state index in [1.165, 1.54) is 0 Å². The zero-order chi connectivity index (χ0) is 20.2. The van der Waals surface area contributed by atoms with Gasteiger partial charge >= 0.3 is 0 Å². The van der Waals surface area contributed by atoms with Crippen LogP contribution >= 0.6 is 11.6 Å². The van der Waals surface area contributed by atoms with E-state index < -0.39 is 0 Å². The number of hydrogen-bond donors (Lipinski definition) is 0. The number of rotatable bonds is 6. The van der Waals surface area contributed by atoms with Crippen LogP contribution in [0.25, 0.3) is 5.78 Å². The Morgan fingerprint density at radius 1 is 1.17 bits per heavy atom. The Hall–Kier alpha value is -2.87. The fourth-order valence-electron chi connectivity index (χ4n) is 3.42. The third-order valence-corrected chi connectivity index (χ3v) is 5.24. The molecule has 1 aliphatic rings. The third kappa shape index (κ3) is 4.42. The SMILES string of the molecule is CCCc1cc(N2CCN(C(=O)COc3ccc(Cl)cc3)CC2)nc2nncn12. The van der Waals surface area contributed by atoms with Crippen molar-refractivity contribution in [3.05, 3.63) is 47.4 Å². The van der Waals surface area contributed by atoms with Crippen molar-refractivity contribution in [2.75, 3.05) is 37.7 Å². The Morgan fingerprint density at radius 2 is 1.93 bits per heavy atom. The minimum absolute atomic E-state index is 0.0201. The van der Waals surface area contributed by atoms with Crippen LogP contribution in [0.4, 0.5) is 5.82 Å². The summed E-state index contributed by atoms with van der Waals surface area (Å²) in [6, 6.07) is 9.10. The van der Waals surface area contributed by atoms with Crippen LogP contribution in [-0.2, 0) is 11.2 Å². The largest absolute Gasteiger partial charge is 0.484 e. The molecule has 0 unspecified atom stereocenters. The first kappa shape index (κ1) is 19.4. The molecule has 0 aliphatic carbocycles. The van der Waals surface area contributed by atoms with Crippen LogP contribution in [0, 0.1) is 0 Å². The first-order valence-corrected chi connectivity index (χ1v) is 10.1. The molecule has 0 radical (unpaired) electrons. The normalized spacial score (nSPS) is 14.4. The molecule has 0 atom stereocenters. The number of anilines is 1. The molecule has 0 spiro atoms. The lowest BCUT2D eigenvalue weighted by Gasteiger charge is -2.35. The summed E-state index contributed by atoms with van der Waals surface area (Å²) in [5, 5.41) is 8.72. The van der Waals surface area contributed by atoms with Gasteiger partial charge in [0.2, 0.25) is 0 Å². The van der Waals surface area contributed by atoms with Gasteiger partial charge in [-0.25, -0.2) is 0 Å². The molecule has 1 aromatic carbocycles. The Bertz CT molecular complexity index is 982. The van der Waals surface area contributed by atoms with Gasteiger partial charge in [0.25, 0.3) is 11.7 Å². The van der Waals surface area contributed by atoms with Gasteiger partial charge in [-0.05, 0) is 30.7 Å². The highest BCUT2D eigenvalue weighted by Crippen LogP contribution is 2.19. The molecule has 4 rings (SSSR count). The van der Waals surface area contributed by atoms with Gasteiger partial charge in [-0.1, -0.05) is 24.9 Å². The highest BCUT2D eigenvalue weighted by molar-refractivity contribution is 6.30. The molecule has 2 aromatic heterocycles. The van der Waals surface area contributed by atoms with Crippen LogP contribution in [-0.4, -0.2) is 63.2 Å². The maximum absolute atomic E-state index is 12.5. The van der Waals surface area contributed by atoms with E-state index in [-0.39, 0.29) is 12.5 Å². The van der Waals surface area contributed by atoms with Gasteiger partial charge in [0.05, 0.1) is 0 Å². The highest BCUT2D eigenvalue weighted by Gasteiger charge is 2.23. The fourth-order valence-corrected chi connectivity index (χ4v) is 3.55. The van der Waals surface area contributed by atoms with Crippen LogP contribution in [0.15, 0.2) is 36.7 Å². The summed E-state index contributed by atoms with van der Waals surface area (Å²) < 4.78 is 7.51. The van der Waals surface area contributed by atoms with E-state index in [0.29, 0.717) is 29.6 Å². The highest BCUT2D eigenvalue weighted by atomic mass is 35.5. The second kappa shape index (κ2) is 8.65. The van der Waals surface area contributed by atoms with Crippen molar-refractivity contribution < 1.29 is 9.53 Å². The summed E-state index contributed by atoms with van der Waals surface area (Å²) in [5.41, 5.74) is 1.15. The first-order chi connectivity index (χ1) is 14.1. The van der Waals surface area contributed by atoms with Crippen LogP contribution in [0.2, 0.25) is 5.02 Å². The Morgan fingerprint density at radius 3 is 2.66 bits per heavy atom. The molecule has 29 heavy (non-hydrogen) atoms. The van der Waals surface area contributed by atoms with Gasteiger partial charge in [0.1, 0.15) is 17.9 Å². The molecule has 3 heterocycles. The number of hydrogen-bond acceptors (Lipinski definition) is 6. The second-order valence-electron chi connectivity index (χ2n) is 6.97. The number of nitrogens with zero attached hydrogens (tertiary/aromatic N) is 6. The van der Waals surface area contributed by atoms with Gasteiger partial charge in [-0.3, -0.25) is 9.20 Å². The van der Waals surface area contributed by atoms with Crippen LogP contribution < -0.4 is 9.64 Å². The smallest absolute Gasteiger partial charge is 0.260 e. The minimum Gasteiger partial charge on any atom is -0.484 e. The number of carbonyl (C=O) groups is 1. The van der Waals surface area contributed by atoms with Crippen LogP contribution in [0.1, 0.15) is 19.0 Å². The number of amides is 1. The van der Waals surface area contributed by atoms with Crippen molar-refractivity contribution in [3.8, 4) is 5.75 Å². The molecular weight excluding hydrogens is 392 g/mol. The average Bonchev–Trinajstić information content (AvgIpc) is 3.22. The maximum atomic E-state index is 12.5. The number of aryl methyl sites for hydroxylation is 1. The number of halogens is 1. The van der Waals surface area contributed by atoms with Crippen molar-refractivity contribution >= 4 is 29.1 Å². The minimum atomic E-state index is -0.0212. The van der Waals surface area contributed by atoms with Gasteiger partial charge in [0.15, 0.2) is 6.61 Å². The van der Waals surface area contributed by atoms with E-state index in [1.807, 2.05) is 9.30 Å². The summed E-state index contributed by atoms with van der Waals surface area (Å²) in [6.07, 6.45) is 3.67. The quantitative estimate of drug-likeness (QED) is 0.616. The van der Waals surface area contributed by atoms with Gasteiger partial charge < -0.3 is 14.5 Å². The number of carbonyl (C=O) groups excluding carboxylic acids is 1. The summed E-state index contributed by atoms with van der Waals surface area (Å²) in [4.78, 5) is 21.1. The zero-order valence-electron chi connectivity index (χ0n) is 16.3. The van der Waals surface area contributed by atoms with E-state index >= 15 is 0 Å². The van der Waals surface area contributed by atoms with Gasteiger partial charge in [-0.2, -0.15) is 4.98 Å². The molecule has 3 aromatic rings. The molecule has 0 saturated carbocycles. The van der Waals surface area contributed by atoms with Crippen LogP contribution in [0.3, 0.4) is 0 Å². The lowest BCUT2D eigenvalue weighted by atomic mass is 10.2. The molecule has 1 saturated heterocycles. The van der Waals surface area contributed by atoms with Crippen molar-refractivity contribution in [1.82, 2.24) is 24.5 Å². The van der Waals surface area contributed by atoms with Crippen molar-refractivity contribution in [2.45, 2.75) is 19.8 Å². The third-order valence-electron chi connectivity index (χ3n) is 4.99. The summed E-state index contributed by atoms with van der Waals surface area (Å²) in [5.74, 6) is 2.11. The summed E-state index contributed by atoms with van der Waals surface area (Å²) >= 11 is 5.86. The van der Waals surface area contributed by atoms with E-state index in [1.54, 1.807) is 30.6 Å². The molecule has 9 heteroatoms.